The Hall–Kier alpha value is -1.22. The van der Waals surface area contributed by atoms with Gasteiger partial charge >= 0.3 is 0 Å². The Morgan fingerprint density at radius 1 is 1.35 bits per heavy atom. The summed E-state index contributed by atoms with van der Waals surface area (Å²) in [6, 6.07) is 0. The molecule has 1 fully saturated rings. The summed E-state index contributed by atoms with van der Waals surface area (Å²) >= 11 is 0. The Morgan fingerprint density at radius 3 is 2.71 bits per heavy atom. The minimum atomic E-state index is -0.501. The number of rotatable bonds is 1. The Morgan fingerprint density at radius 2 is 2.06 bits per heavy atom. The Bertz CT molecular complexity index is 392. The van der Waals surface area contributed by atoms with Crippen LogP contribution in [0.3, 0.4) is 0 Å². The lowest BCUT2D eigenvalue weighted by atomic mass is 9.87. The van der Waals surface area contributed by atoms with Crippen molar-refractivity contribution in [1.29, 1.82) is 0 Å². The molecule has 3 heteroatoms. The van der Waals surface area contributed by atoms with Crippen LogP contribution in [0.15, 0.2) is 24.3 Å². The van der Waals surface area contributed by atoms with Crippen molar-refractivity contribution < 1.29 is 14.3 Å². The van der Waals surface area contributed by atoms with Gasteiger partial charge in [-0.15, -0.1) is 0 Å². The molecule has 0 radical (unpaired) electrons. The summed E-state index contributed by atoms with van der Waals surface area (Å²) in [4.78, 5) is 23.5. The fourth-order valence-electron chi connectivity index (χ4n) is 2.11. The van der Waals surface area contributed by atoms with Gasteiger partial charge in [0.15, 0.2) is 6.10 Å². The lowest BCUT2D eigenvalue weighted by Crippen LogP contribution is -2.25. The van der Waals surface area contributed by atoms with Crippen LogP contribution >= 0.6 is 0 Å². The van der Waals surface area contributed by atoms with E-state index < -0.39 is 6.10 Å². The topological polar surface area (TPSA) is 46.7 Å². The molecule has 3 nitrogen and oxygen atoms in total. The van der Waals surface area contributed by atoms with Gasteiger partial charge in [0.2, 0.25) is 11.6 Å². The number of fused-ring (bicyclic) bond motifs is 1. The van der Waals surface area contributed by atoms with E-state index in [1.54, 1.807) is 0 Å². The van der Waals surface area contributed by atoms with Gasteiger partial charge in [0, 0.05) is 12.8 Å². The van der Waals surface area contributed by atoms with Crippen molar-refractivity contribution in [2.24, 2.45) is 11.8 Å². The molecule has 0 aromatic carbocycles. The highest BCUT2D eigenvalue weighted by atomic mass is 16.6. The number of carbonyl (C=O) groups excluding carboxylic acids is 2. The largest absolute Gasteiger partial charge is 0.360 e. The molecule has 2 rings (SSSR count). The van der Waals surface area contributed by atoms with Crippen molar-refractivity contribution in [2.45, 2.75) is 38.9 Å². The van der Waals surface area contributed by atoms with E-state index in [2.05, 4.69) is 20.4 Å². The summed E-state index contributed by atoms with van der Waals surface area (Å²) in [5.74, 6) is -0.207. The molecular weight excluding hydrogens is 216 g/mol. The van der Waals surface area contributed by atoms with Crippen LogP contribution in [0.5, 0.6) is 0 Å². The van der Waals surface area contributed by atoms with E-state index in [1.165, 1.54) is 0 Å². The van der Waals surface area contributed by atoms with E-state index in [-0.39, 0.29) is 30.0 Å². The number of Topliss-reactive ketones (excluding diaryl/α,β-unsaturated/α-hetero) is 2. The second-order valence-electron chi connectivity index (χ2n) is 5.22. The normalized spacial score (nSPS) is 33.8. The van der Waals surface area contributed by atoms with Crippen molar-refractivity contribution >= 4 is 11.6 Å². The monoisotopic (exact) mass is 234 g/mol. The highest BCUT2D eigenvalue weighted by Gasteiger charge is 2.47. The van der Waals surface area contributed by atoms with Gasteiger partial charge < -0.3 is 4.74 Å². The van der Waals surface area contributed by atoms with Crippen LogP contribution in [0.25, 0.3) is 0 Å². The Balaban J connectivity index is 2.18. The van der Waals surface area contributed by atoms with E-state index in [0.717, 1.165) is 5.57 Å². The van der Waals surface area contributed by atoms with Gasteiger partial charge in [-0.1, -0.05) is 38.2 Å². The highest BCUT2D eigenvalue weighted by molar-refractivity contribution is 6.39. The van der Waals surface area contributed by atoms with Crippen LogP contribution in [0, 0.1) is 11.8 Å². The minimum Gasteiger partial charge on any atom is -0.360 e. The molecule has 92 valence electrons. The lowest BCUT2D eigenvalue weighted by Gasteiger charge is -2.16. The first-order chi connectivity index (χ1) is 7.99. The molecule has 0 amide bonds. The quantitative estimate of drug-likeness (QED) is 0.515. The van der Waals surface area contributed by atoms with Gasteiger partial charge in [0.1, 0.15) is 0 Å². The summed E-state index contributed by atoms with van der Waals surface area (Å²) < 4.78 is 5.23. The molecule has 0 spiro atoms. The van der Waals surface area contributed by atoms with E-state index in [4.69, 9.17) is 4.74 Å². The summed E-state index contributed by atoms with van der Waals surface area (Å²) in [5.41, 5.74) is 0.963. The number of carbonyl (C=O) groups is 2. The van der Waals surface area contributed by atoms with Crippen LogP contribution < -0.4 is 0 Å². The zero-order valence-corrected chi connectivity index (χ0v) is 10.3. The van der Waals surface area contributed by atoms with Crippen LogP contribution in [-0.4, -0.2) is 23.8 Å². The van der Waals surface area contributed by atoms with Crippen molar-refractivity contribution in [1.82, 2.24) is 0 Å². The molecule has 1 aliphatic heterocycles. The van der Waals surface area contributed by atoms with Gasteiger partial charge in [0.25, 0.3) is 0 Å². The second-order valence-corrected chi connectivity index (χ2v) is 5.22. The summed E-state index contributed by atoms with van der Waals surface area (Å²) in [5, 5.41) is 0. The molecule has 1 heterocycles. The molecule has 1 aliphatic carbocycles. The first-order valence-corrected chi connectivity index (χ1v) is 6.07. The van der Waals surface area contributed by atoms with Crippen LogP contribution in [0.4, 0.5) is 0 Å². The fraction of sp³-hybridized carbons (Fsp3) is 0.571. The first kappa shape index (κ1) is 12.2. The van der Waals surface area contributed by atoms with Gasteiger partial charge in [-0.3, -0.25) is 9.59 Å². The van der Waals surface area contributed by atoms with E-state index in [9.17, 15) is 9.59 Å². The number of ether oxygens (including phenoxy) is 1. The molecule has 0 bridgehead atoms. The van der Waals surface area contributed by atoms with Crippen LogP contribution in [0.1, 0.15) is 26.7 Å². The highest BCUT2D eigenvalue weighted by Crippen LogP contribution is 2.32. The maximum atomic E-state index is 11.8. The van der Waals surface area contributed by atoms with Crippen molar-refractivity contribution in [3.05, 3.63) is 24.3 Å². The van der Waals surface area contributed by atoms with Crippen molar-refractivity contribution in [2.75, 3.05) is 0 Å². The van der Waals surface area contributed by atoms with Gasteiger partial charge in [-0.05, 0) is 11.8 Å². The number of allylic oxidation sites excluding steroid dienone is 2. The molecule has 1 saturated heterocycles. The smallest absolute Gasteiger partial charge is 0.229 e. The fourth-order valence-corrected chi connectivity index (χ4v) is 2.11. The molecular formula is C14H18O3. The molecule has 17 heavy (non-hydrogen) atoms. The number of ketones is 2. The summed E-state index contributed by atoms with van der Waals surface area (Å²) in [6.07, 6.45) is 4.27. The van der Waals surface area contributed by atoms with Crippen molar-refractivity contribution in [3.8, 4) is 0 Å². The van der Waals surface area contributed by atoms with E-state index >= 15 is 0 Å². The average molecular weight is 234 g/mol. The summed E-state index contributed by atoms with van der Waals surface area (Å²) in [7, 11) is 0. The maximum absolute atomic E-state index is 11.8. The molecule has 3 atom stereocenters. The summed E-state index contributed by atoms with van der Waals surface area (Å²) in [6.45, 7) is 8.05. The molecule has 2 aliphatic rings. The van der Waals surface area contributed by atoms with E-state index in [1.807, 2.05) is 12.2 Å². The zero-order valence-electron chi connectivity index (χ0n) is 10.3. The molecule has 0 saturated carbocycles. The van der Waals surface area contributed by atoms with Gasteiger partial charge in [0.05, 0.1) is 6.10 Å². The predicted octanol–water partition coefficient (Wildman–Crippen LogP) is 2.07. The van der Waals surface area contributed by atoms with Crippen LogP contribution in [-0.2, 0) is 14.3 Å². The number of epoxide rings is 1. The zero-order chi connectivity index (χ0) is 12.6. The molecule has 0 N–H and O–H groups in total. The number of hydrogen-bond donors (Lipinski definition) is 0. The molecule has 0 aromatic rings. The second kappa shape index (κ2) is 4.57. The van der Waals surface area contributed by atoms with Crippen molar-refractivity contribution in [3.63, 3.8) is 0 Å². The van der Waals surface area contributed by atoms with Gasteiger partial charge in [-0.2, -0.15) is 0 Å². The molecule has 0 aromatic heterocycles. The van der Waals surface area contributed by atoms with Gasteiger partial charge in [-0.25, -0.2) is 0 Å². The number of hydrogen-bond acceptors (Lipinski definition) is 3. The third-order valence-electron chi connectivity index (χ3n) is 3.44. The Labute approximate surface area is 102 Å². The molecule has 0 unspecified atom stereocenters. The first-order valence-electron chi connectivity index (χ1n) is 6.07. The predicted molar refractivity (Wildman–Crippen MR) is 64.5 cm³/mol. The van der Waals surface area contributed by atoms with E-state index in [0.29, 0.717) is 12.3 Å². The minimum absolute atomic E-state index is 0.110. The van der Waals surface area contributed by atoms with Crippen LogP contribution in [0.2, 0.25) is 0 Å². The maximum Gasteiger partial charge on any atom is 0.229 e. The Kier molecular flexibility index (Phi) is 3.29. The lowest BCUT2D eigenvalue weighted by molar-refractivity contribution is -0.137. The SMILES string of the molecule is C=C1C=C[C@@H](C(C)C)CC(=O)C(=O)[C@@H]2O[C@@H]2C1. The average Bonchev–Trinajstić information content (AvgIpc) is 3.00. The third-order valence-corrected chi connectivity index (χ3v) is 3.44. The standard InChI is InChI=1S/C14H18O3/c1-8(2)10-5-4-9(3)6-12-14(17-12)13(16)11(15)7-10/h4-5,8,10,12,14H,3,6-7H2,1-2H3/t10-,12-,14-/m1/s1. The third kappa shape index (κ3) is 2.72.